The number of hydrogen-bond acceptors (Lipinski definition) is 6. The monoisotopic (exact) mass is 334 g/mol. The zero-order valence-electron chi connectivity index (χ0n) is 13.5. The fourth-order valence-corrected chi connectivity index (χ4v) is 3.42. The molecule has 1 aliphatic heterocycles. The molecular formula is C17H22N2O3S. The first-order chi connectivity index (χ1) is 11.2. The third-order valence-corrected chi connectivity index (χ3v) is 5.41. The summed E-state index contributed by atoms with van der Waals surface area (Å²) >= 11 is 1.61. The quantitative estimate of drug-likeness (QED) is 0.814. The maximum Gasteiger partial charge on any atom is 0.231 e. The van der Waals surface area contributed by atoms with Crippen LogP contribution in [0.1, 0.15) is 32.4 Å². The van der Waals surface area contributed by atoms with E-state index in [1.165, 1.54) is 0 Å². The van der Waals surface area contributed by atoms with Gasteiger partial charge in [0, 0.05) is 23.0 Å². The van der Waals surface area contributed by atoms with Crippen LogP contribution in [0.3, 0.4) is 0 Å². The van der Waals surface area contributed by atoms with Gasteiger partial charge >= 0.3 is 0 Å². The first kappa shape index (κ1) is 16.2. The summed E-state index contributed by atoms with van der Waals surface area (Å²) in [5, 5.41) is 16.1. The van der Waals surface area contributed by atoms with Gasteiger partial charge in [0.25, 0.3) is 0 Å². The van der Waals surface area contributed by atoms with Crippen molar-refractivity contribution < 1.29 is 14.6 Å². The molecule has 1 aliphatic rings. The van der Waals surface area contributed by atoms with Gasteiger partial charge in [-0.3, -0.25) is 0 Å². The summed E-state index contributed by atoms with van der Waals surface area (Å²) in [5.41, 5.74) is 1.80. The van der Waals surface area contributed by atoms with Crippen LogP contribution >= 0.6 is 11.3 Å². The predicted octanol–water partition coefficient (Wildman–Crippen LogP) is 3.18. The van der Waals surface area contributed by atoms with Gasteiger partial charge in [0.05, 0.1) is 12.3 Å². The number of ether oxygens (including phenoxy) is 2. The lowest BCUT2D eigenvalue weighted by molar-refractivity contribution is 0.149. The fraction of sp³-hybridized carbons (Fsp3) is 0.471. The minimum atomic E-state index is -0.220. The Kier molecular flexibility index (Phi) is 4.84. The van der Waals surface area contributed by atoms with Crippen LogP contribution in [0, 0.1) is 0 Å². The minimum absolute atomic E-state index is 0.138. The third-order valence-electron chi connectivity index (χ3n) is 4.47. The van der Waals surface area contributed by atoms with Crippen LogP contribution in [0.4, 0.5) is 0 Å². The van der Waals surface area contributed by atoms with Crippen molar-refractivity contribution in [3.05, 3.63) is 29.3 Å². The van der Waals surface area contributed by atoms with Crippen LogP contribution in [-0.2, 0) is 6.54 Å². The highest BCUT2D eigenvalue weighted by molar-refractivity contribution is 7.13. The molecule has 2 heterocycles. The van der Waals surface area contributed by atoms with E-state index in [2.05, 4.69) is 29.5 Å². The van der Waals surface area contributed by atoms with Gasteiger partial charge in [0.2, 0.25) is 6.79 Å². The largest absolute Gasteiger partial charge is 0.454 e. The van der Waals surface area contributed by atoms with E-state index in [0.29, 0.717) is 6.54 Å². The summed E-state index contributed by atoms with van der Waals surface area (Å²) in [6.07, 6.45) is 1.78. The molecule has 1 aromatic carbocycles. The second kappa shape index (κ2) is 6.86. The molecule has 6 heteroatoms. The third kappa shape index (κ3) is 3.34. The number of rotatable bonds is 7. The number of hydrogen-bond donors (Lipinski definition) is 2. The first-order valence-corrected chi connectivity index (χ1v) is 8.78. The van der Waals surface area contributed by atoms with Crippen molar-refractivity contribution in [2.24, 2.45) is 0 Å². The molecule has 0 unspecified atom stereocenters. The van der Waals surface area contributed by atoms with E-state index in [9.17, 15) is 5.11 Å². The highest BCUT2D eigenvalue weighted by atomic mass is 32.1. The molecular weight excluding hydrogens is 312 g/mol. The molecule has 0 bridgehead atoms. The van der Waals surface area contributed by atoms with Crippen LogP contribution in [0.2, 0.25) is 0 Å². The SMILES string of the molecule is CCC(CC)(CO)NCc1csc(-c2ccc3c(c2)OCO3)n1. The molecule has 3 rings (SSSR count). The Morgan fingerprint density at radius 3 is 2.78 bits per heavy atom. The van der Waals surface area contributed by atoms with E-state index in [4.69, 9.17) is 9.47 Å². The molecule has 0 amide bonds. The Bertz CT molecular complexity index is 659. The van der Waals surface area contributed by atoms with Crippen LogP contribution in [-0.4, -0.2) is 29.0 Å². The summed E-state index contributed by atoms with van der Waals surface area (Å²) in [5.74, 6) is 1.56. The van der Waals surface area contributed by atoms with E-state index in [1.807, 2.05) is 18.2 Å². The molecule has 5 nitrogen and oxygen atoms in total. The van der Waals surface area contributed by atoms with Crippen molar-refractivity contribution in [1.29, 1.82) is 0 Å². The molecule has 0 atom stereocenters. The second-order valence-electron chi connectivity index (χ2n) is 5.71. The van der Waals surface area contributed by atoms with E-state index in [0.717, 1.165) is 40.6 Å². The summed E-state index contributed by atoms with van der Waals surface area (Å²) in [7, 11) is 0. The van der Waals surface area contributed by atoms with Crippen molar-refractivity contribution >= 4 is 11.3 Å². The Balaban J connectivity index is 1.71. The molecule has 0 saturated heterocycles. The number of fused-ring (bicyclic) bond motifs is 1. The van der Waals surface area contributed by atoms with Crippen LogP contribution in [0.15, 0.2) is 23.6 Å². The molecule has 0 saturated carbocycles. The average molecular weight is 334 g/mol. The number of aliphatic hydroxyl groups is 1. The molecule has 2 N–H and O–H groups in total. The number of benzene rings is 1. The molecule has 1 aromatic heterocycles. The number of thiazole rings is 1. The standard InChI is InChI=1S/C17H22N2O3S/c1-3-17(4-2,10-20)18-8-13-9-23-16(19-13)12-5-6-14-15(7-12)22-11-21-14/h5-7,9,18,20H,3-4,8,10-11H2,1-2H3. The van der Waals surface area contributed by atoms with Gasteiger partial charge in [0.1, 0.15) is 5.01 Å². The van der Waals surface area contributed by atoms with Gasteiger partial charge < -0.3 is 19.9 Å². The topological polar surface area (TPSA) is 63.6 Å². The summed E-state index contributed by atoms with van der Waals surface area (Å²) < 4.78 is 10.8. The van der Waals surface area contributed by atoms with Crippen LogP contribution in [0.5, 0.6) is 11.5 Å². The zero-order chi connectivity index (χ0) is 16.3. The van der Waals surface area contributed by atoms with Gasteiger partial charge in [-0.25, -0.2) is 4.98 Å². The Hall–Kier alpha value is -1.63. The molecule has 2 aromatic rings. The highest BCUT2D eigenvalue weighted by Crippen LogP contribution is 2.36. The second-order valence-corrected chi connectivity index (χ2v) is 6.57. The first-order valence-electron chi connectivity index (χ1n) is 7.90. The highest BCUT2D eigenvalue weighted by Gasteiger charge is 2.24. The van der Waals surface area contributed by atoms with Gasteiger partial charge in [-0.05, 0) is 31.0 Å². The Morgan fingerprint density at radius 1 is 1.26 bits per heavy atom. The van der Waals surface area contributed by atoms with Gasteiger partial charge in [0.15, 0.2) is 11.5 Å². The Morgan fingerprint density at radius 2 is 2.04 bits per heavy atom. The maximum absolute atomic E-state index is 9.62. The summed E-state index contributed by atoms with van der Waals surface area (Å²) in [6, 6.07) is 5.89. The smallest absolute Gasteiger partial charge is 0.231 e. The predicted molar refractivity (Wildman–Crippen MR) is 90.9 cm³/mol. The zero-order valence-corrected chi connectivity index (χ0v) is 14.3. The number of nitrogens with one attached hydrogen (secondary N) is 1. The molecule has 124 valence electrons. The fourth-order valence-electron chi connectivity index (χ4n) is 2.61. The van der Waals surface area contributed by atoms with E-state index in [1.54, 1.807) is 11.3 Å². The van der Waals surface area contributed by atoms with E-state index >= 15 is 0 Å². The molecule has 23 heavy (non-hydrogen) atoms. The summed E-state index contributed by atoms with van der Waals surface area (Å²) in [6.45, 7) is 5.25. The lowest BCUT2D eigenvalue weighted by atomic mass is 9.94. The van der Waals surface area contributed by atoms with Gasteiger partial charge in [-0.2, -0.15) is 0 Å². The van der Waals surface area contributed by atoms with E-state index < -0.39 is 0 Å². The van der Waals surface area contributed by atoms with Crippen molar-refractivity contribution in [2.45, 2.75) is 38.8 Å². The molecule has 0 aliphatic carbocycles. The molecule has 0 spiro atoms. The van der Waals surface area contributed by atoms with Crippen LogP contribution < -0.4 is 14.8 Å². The lowest BCUT2D eigenvalue weighted by Gasteiger charge is -2.30. The van der Waals surface area contributed by atoms with Gasteiger partial charge in [-0.1, -0.05) is 13.8 Å². The number of nitrogens with zero attached hydrogens (tertiary/aromatic N) is 1. The lowest BCUT2D eigenvalue weighted by Crippen LogP contribution is -2.47. The number of aliphatic hydroxyl groups excluding tert-OH is 1. The van der Waals surface area contributed by atoms with Crippen molar-refractivity contribution in [1.82, 2.24) is 10.3 Å². The Labute approximate surface area is 140 Å². The maximum atomic E-state index is 9.62. The van der Waals surface area contributed by atoms with Crippen molar-refractivity contribution in [3.63, 3.8) is 0 Å². The normalized spacial score (nSPS) is 13.5. The molecule has 0 fully saturated rings. The van der Waals surface area contributed by atoms with Crippen molar-refractivity contribution in [2.75, 3.05) is 13.4 Å². The average Bonchev–Trinajstić information content (AvgIpc) is 3.25. The van der Waals surface area contributed by atoms with Crippen LogP contribution in [0.25, 0.3) is 10.6 Å². The number of aromatic nitrogens is 1. The minimum Gasteiger partial charge on any atom is -0.454 e. The summed E-state index contributed by atoms with van der Waals surface area (Å²) in [4.78, 5) is 4.69. The van der Waals surface area contributed by atoms with E-state index in [-0.39, 0.29) is 18.9 Å². The molecule has 0 radical (unpaired) electrons. The van der Waals surface area contributed by atoms with Gasteiger partial charge in [-0.15, -0.1) is 11.3 Å². The van der Waals surface area contributed by atoms with Crippen molar-refractivity contribution in [3.8, 4) is 22.1 Å².